The van der Waals surface area contributed by atoms with Crippen molar-refractivity contribution in [2.45, 2.75) is 19.6 Å². The quantitative estimate of drug-likeness (QED) is 0.705. The van der Waals surface area contributed by atoms with Crippen molar-refractivity contribution in [1.82, 2.24) is 10.2 Å². The molecule has 0 aromatic carbocycles. The molecule has 0 fully saturated rings. The van der Waals surface area contributed by atoms with Gasteiger partial charge in [-0.25, -0.2) is 4.79 Å². The van der Waals surface area contributed by atoms with E-state index in [9.17, 15) is 4.79 Å². The molecule has 0 bridgehead atoms. The van der Waals surface area contributed by atoms with Gasteiger partial charge in [0.15, 0.2) is 0 Å². The minimum Gasteiger partial charge on any atom is -0.450 e. The van der Waals surface area contributed by atoms with Gasteiger partial charge in [0.1, 0.15) is 0 Å². The molecule has 0 aromatic rings. The highest BCUT2D eigenvalue weighted by atomic mass is 35.5. The Hall–Kier alpha value is -0.480. The van der Waals surface area contributed by atoms with E-state index in [1.807, 2.05) is 19.0 Å². The van der Waals surface area contributed by atoms with Crippen molar-refractivity contribution in [3.63, 3.8) is 0 Å². The topological polar surface area (TPSA) is 41.6 Å². The first kappa shape index (κ1) is 6.18. The molecule has 1 N–H and O–H groups in total. The van der Waals surface area contributed by atoms with Crippen LogP contribution in [-0.2, 0) is 4.74 Å². The number of ether oxygens (including phenoxy) is 1. The van der Waals surface area contributed by atoms with Crippen LogP contribution in [0.2, 0.25) is 0 Å². The summed E-state index contributed by atoms with van der Waals surface area (Å²) >= 11 is 0. The molecule has 5 heteroatoms. The Balaban J connectivity index is 0. The summed E-state index contributed by atoms with van der Waals surface area (Å²) in [5.74, 6) is 0. The number of nitrogens with zero attached hydrogens (tertiary/aromatic N) is 1. The Morgan fingerprint density at radius 1 is 1.64 bits per heavy atom. The minimum absolute atomic E-state index is 0. The fraction of sp³-hybridized carbons (Fsp3) is 0.889. The molecule has 0 heterocycles. The highest BCUT2D eigenvalue weighted by Gasteiger charge is 1.98. The van der Waals surface area contributed by atoms with Crippen molar-refractivity contribution >= 4 is 18.5 Å². The molecule has 0 spiro atoms. The first-order valence-electron chi connectivity index (χ1n) is 7.43. The predicted octanol–water partition coefficient (Wildman–Crippen LogP) is 1.50. The average Bonchev–Trinajstić information content (AvgIpc) is 2.21. The van der Waals surface area contributed by atoms with E-state index in [0.717, 1.165) is 0 Å². The van der Waals surface area contributed by atoms with Crippen LogP contribution in [0.4, 0.5) is 4.79 Å². The average molecular weight is 232 g/mol. The first-order valence-corrected chi connectivity index (χ1v) is 3.93. The molecule has 14 heavy (non-hydrogen) atoms. The lowest BCUT2D eigenvalue weighted by Crippen LogP contribution is -2.27. The fourth-order valence-electron chi connectivity index (χ4n) is 0.694. The van der Waals surface area contributed by atoms with Gasteiger partial charge in [-0.15, -0.1) is 12.4 Å². The number of alkyl carbamates (subject to hydrolysis) is 1. The number of rotatable bonds is 6. The molecule has 0 saturated heterocycles. The third-order valence-corrected chi connectivity index (χ3v) is 1.25. The summed E-state index contributed by atoms with van der Waals surface area (Å²) < 4.78 is 54.3. The van der Waals surface area contributed by atoms with E-state index in [0.29, 0.717) is 13.0 Å². The van der Waals surface area contributed by atoms with Crippen LogP contribution in [0.15, 0.2) is 0 Å². The normalized spacial score (nSPS) is 19.8. The van der Waals surface area contributed by atoms with E-state index in [1.165, 1.54) is 0 Å². The summed E-state index contributed by atoms with van der Waals surface area (Å²) in [7, 11) is 3.70. The van der Waals surface area contributed by atoms with E-state index in [2.05, 4.69) is 10.1 Å². The number of nitrogens with one attached hydrogen (secondary N) is 1. The summed E-state index contributed by atoms with van der Waals surface area (Å²) in [5.41, 5.74) is 0. The van der Waals surface area contributed by atoms with Crippen molar-refractivity contribution in [3.8, 4) is 0 Å². The van der Waals surface area contributed by atoms with Crippen LogP contribution in [0.5, 0.6) is 0 Å². The van der Waals surface area contributed by atoms with Gasteiger partial charge in [-0.3, -0.25) is 0 Å². The number of hydrogen-bond donors (Lipinski definition) is 1. The monoisotopic (exact) mass is 231 g/mol. The number of amides is 1. The van der Waals surface area contributed by atoms with E-state index in [4.69, 9.17) is 9.60 Å². The summed E-state index contributed by atoms with van der Waals surface area (Å²) in [6.45, 7) is -5.60. The highest BCUT2D eigenvalue weighted by molar-refractivity contribution is 5.85. The molecule has 1 amide bonds. The molecule has 0 aromatic heterocycles. The van der Waals surface area contributed by atoms with Gasteiger partial charge in [0, 0.05) is 13.4 Å². The molecule has 4 nitrogen and oxygen atoms in total. The van der Waals surface area contributed by atoms with Gasteiger partial charge in [-0.2, -0.15) is 0 Å². The zero-order valence-corrected chi connectivity index (χ0v) is 9.11. The zero-order chi connectivity index (χ0) is 16.2. The van der Waals surface area contributed by atoms with Crippen LogP contribution in [0.25, 0.3) is 0 Å². The number of carbonyl (C=O) groups excluding carboxylic acids is 1. The zero-order valence-electron chi connectivity index (χ0n) is 15.3. The van der Waals surface area contributed by atoms with E-state index >= 15 is 0 Å². The van der Waals surface area contributed by atoms with Gasteiger partial charge < -0.3 is 15.0 Å². The standard InChI is InChI=1S/C9H20N2O2.ClH/c1-4-8-13-9(12)10-6-5-7-11(2)3;/h4-8H2,1-3H3,(H,10,12);1H/i1D3,4D2,8D2;. The highest BCUT2D eigenvalue weighted by Crippen LogP contribution is 1.84. The van der Waals surface area contributed by atoms with Crippen LogP contribution < -0.4 is 5.32 Å². The van der Waals surface area contributed by atoms with Crippen LogP contribution in [-0.4, -0.2) is 44.7 Å². The van der Waals surface area contributed by atoms with E-state index < -0.39 is 25.9 Å². The van der Waals surface area contributed by atoms with Crippen LogP contribution >= 0.6 is 12.4 Å². The van der Waals surface area contributed by atoms with Crippen molar-refractivity contribution < 1.29 is 19.1 Å². The number of halogens is 1. The molecule has 0 unspecified atom stereocenters. The van der Waals surface area contributed by atoms with E-state index in [1.54, 1.807) is 0 Å². The Morgan fingerprint density at radius 3 is 2.93 bits per heavy atom. The van der Waals surface area contributed by atoms with Gasteiger partial charge in [0.2, 0.25) is 0 Å². The molecule has 86 valence electrons. The second kappa shape index (κ2) is 10.6. The fourth-order valence-corrected chi connectivity index (χ4v) is 0.694. The Bertz CT molecular complexity index is 337. The summed E-state index contributed by atoms with van der Waals surface area (Å²) in [6, 6.07) is 0. The smallest absolute Gasteiger partial charge is 0.407 e. The van der Waals surface area contributed by atoms with E-state index in [-0.39, 0.29) is 19.0 Å². The lowest BCUT2D eigenvalue weighted by Gasteiger charge is -2.09. The lowest BCUT2D eigenvalue weighted by molar-refractivity contribution is 0.146. The minimum atomic E-state index is -3.30. The van der Waals surface area contributed by atoms with Crippen molar-refractivity contribution in [3.05, 3.63) is 0 Å². The third kappa shape index (κ3) is 11.5. The Morgan fingerprint density at radius 2 is 2.36 bits per heavy atom. The molecule has 0 aliphatic carbocycles. The third-order valence-electron chi connectivity index (χ3n) is 1.25. The van der Waals surface area contributed by atoms with Crippen LogP contribution in [0.1, 0.15) is 29.2 Å². The molecular weight excluding hydrogens is 204 g/mol. The SMILES string of the molecule is Cl.[2H]C([2H])([2H])C([2H])([2H])C([2H])([2H])OC(=O)NCCCN(C)C. The maximum atomic E-state index is 11.3. The van der Waals surface area contributed by atoms with Crippen molar-refractivity contribution in [1.29, 1.82) is 0 Å². The second-order valence-corrected chi connectivity index (χ2v) is 2.70. The van der Waals surface area contributed by atoms with Crippen LogP contribution in [0.3, 0.4) is 0 Å². The Labute approximate surface area is 102 Å². The van der Waals surface area contributed by atoms with Crippen LogP contribution in [0, 0.1) is 0 Å². The molecule has 0 saturated carbocycles. The summed E-state index contributed by atoms with van der Waals surface area (Å²) in [4.78, 5) is 13.2. The van der Waals surface area contributed by atoms with Gasteiger partial charge in [0.05, 0.1) is 9.30 Å². The van der Waals surface area contributed by atoms with Gasteiger partial charge >= 0.3 is 6.09 Å². The van der Waals surface area contributed by atoms with Gasteiger partial charge in [0.25, 0.3) is 0 Å². The maximum Gasteiger partial charge on any atom is 0.407 e. The predicted molar refractivity (Wildman–Crippen MR) is 60.1 cm³/mol. The second-order valence-electron chi connectivity index (χ2n) is 2.70. The maximum absolute atomic E-state index is 11.3. The molecule has 0 aliphatic rings. The summed E-state index contributed by atoms with van der Waals surface area (Å²) in [5, 5.41) is 2.24. The molecular formula is C9H21ClN2O2. The van der Waals surface area contributed by atoms with Gasteiger partial charge in [-0.05, 0) is 33.4 Å². The lowest BCUT2D eigenvalue weighted by atomic mass is 10.4. The number of carbonyl (C=O) groups is 1. The largest absolute Gasteiger partial charge is 0.450 e. The van der Waals surface area contributed by atoms with Crippen molar-refractivity contribution in [2.24, 2.45) is 0 Å². The summed E-state index contributed by atoms with van der Waals surface area (Å²) in [6.07, 6.45) is -3.90. The number of hydrogen-bond acceptors (Lipinski definition) is 3. The molecule has 0 radical (unpaired) electrons. The molecule has 0 aliphatic heterocycles. The van der Waals surface area contributed by atoms with Crippen molar-refractivity contribution in [2.75, 3.05) is 33.7 Å². The van der Waals surface area contributed by atoms with Gasteiger partial charge in [-0.1, -0.05) is 6.85 Å². The molecule has 0 atom stereocenters. The Kier molecular flexibility index (Phi) is 4.68. The first-order chi connectivity index (χ1) is 8.81. The molecule has 0 rings (SSSR count).